The minimum atomic E-state index is -0.120. The molecule has 5 aromatic rings. The van der Waals surface area contributed by atoms with Gasteiger partial charge < -0.3 is 29.5 Å². The van der Waals surface area contributed by atoms with E-state index in [0.717, 1.165) is 81.6 Å². The fraction of sp³-hybridized carbons (Fsp3) is 0.620. The summed E-state index contributed by atoms with van der Waals surface area (Å²) in [5.41, 5.74) is 13.6. The number of hydrogen-bond donors (Lipinski definition) is 1. The highest BCUT2D eigenvalue weighted by atomic mass is 19.1. The Labute approximate surface area is 528 Å². The third-order valence-corrected chi connectivity index (χ3v) is 17.6. The Balaban J connectivity index is 0.000000230. The van der Waals surface area contributed by atoms with Crippen LogP contribution in [0.2, 0.25) is 0 Å². The number of nitrogens with one attached hydrogen (secondary N) is 1. The summed E-state index contributed by atoms with van der Waals surface area (Å²) in [5, 5.41) is 3.51. The van der Waals surface area contributed by atoms with E-state index in [2.05, 4.69) is 228 Å². The van der Waals surface area contributed by atoms with Crippen molar-refractivity contribution in [3.05, 3.63) is 154 Å². The second kappa shape index (κ2) is 34.2. The second-order valence-electron chi connectivity index (χ2n) is 30.8. The summed E-state index contributed by atoms with van der Waals surface area (Å²) in [4.78, 5) is 6.95. The van der Waals surface area contributed by atoms with E-state index in [-0.39, 0.29) is 40.3 Å². The zero-order valence-electron chi connectivity index (χ0n) is 57.5. The quantitative estimate of drug-likeness (QED) is 0.134. The maximum atomic E-state index is 13.9. The van der Waals surface area contributed by atoms with E-state index in [1.165, 1.54) is 122 Å². The average molecular weight is 1180 g/mol. The molecule has 0 spiro atoms. The standard InChI is InChI=1S/C18H29N.C16H25NO.C16H24O.C14H20FN.C14H23N.CH4/c1-18(2,3)16-10-12-17(13-11-16)19(4)14-15-8-6-5-7-9-15;1-16(2,3)14-6-8-15(9-7-14)17-11-13-5-4-10-18-12-13;1-16(2,3)15-8-6-13(7-9-15)11-14-5-4-10-17-12-14;1-10-8-16(9-10)11-5-6-12(13(15)7-11)14(2,3)4;1-6-11-15(5)13-9-7-12(8-10-13)14(2,3)4;/h10-13,15H,5-9,14H2,1-4H3;6-9,13,17H,4-5,10-12H2,1-3H3;6-9,14H,4-5,10-12H2,1-3H3;5-7,10H,8-9H2,1-4H3;7-10H,6,11H2,1-5H3;1H4. The van der Waals surface area contributed by atoms with Gasteiger partial charge in [-0.3, -0.25) is 0 Å². The van der Waals surface area contributed by atoms with Crippen LogP contribution in [0.3, 0.4) is 0 Å². The zero-order chi connectivity index (χ0) is 62.6. The molecule has 0 aromatic heterocycles. The molecule has 1 saturated carbocycles. The molecule has 86 heavy (non-hydrogen) atoms. The fourth-order valence-electron chi connectivity index (χ4n) is 11.7. The summed E-state index contributed by atoms with van der Waals surface area (Å²) in [7, 11) is 4.39. The Morgan fingerprint density at radius 1 is 0.512 bits per heavy atom. The van der Waals surface area contributed by atoms with E-state index in [0.29, 0.717) is 5.92 Å². The lowest BCUT2D eigenvalue weighted by Crippen LogP contribution is -2.45. The minimum absolute atomic E-state index is 0. The van der Waals surface area contributed by atoms with Crippen LogP contribution in [0.4, 0.5) is 27.1 Å². The lowest BCUT2D eigenvalue weighted by atomic mass is 9.85. The van der Waals surface area contributed by atoms with Gasteiger partial charge in [0.25, 0.3) is 0 Å². The molecule has 480 valence electrons. The van der Waals surface area contributed by atoms with Gasteiger partial charge in [-0.15, -0.1) is 0 Å². The van der Waals surface area contributed by atoms with Gasteiger partial charge in [-0.2, -0.15) is 0 Å². The maximum absolute atomic E-state index is 13.9. The molecule has 6 nitrogen and oxygen atoms in total. The first-order chi connectivity index (χ1) is 39.9. The minimum Gasteiger partial charge on any atom is -0.385 e. The lowest BCUT2D eigenvalue weighted by Gasteiger charge is -2.39. The van der Waals surface area contributed by atoms with Crippen LogP contribution in [0, 0.1) is 29.5 Å². The molecule has 3 heterocycles. The van der Waals surface area contributed by atoms with Gasteiger partial charge in [-0.25, -0.2) is 4.39 Å². The molecule has 0 bridgehead atoms. The third-order valence-electron chi connectivity index (χ3n) is 17.6. The molecular weight excluding hydrogens is 1060 g/mol. The second-order valence-corrected chi connectivity index (χ2v) is 30.8. The van der Waals surface area contributed by atoms with Gasteiger partial charge in [0.2, 0.25) is 0 Å². The summed E-state index contributed by atoms with van der Waals surface area (Å²) < 4.78 is 25.0. The van der Waals surface area contributed by atoms with Crippen molar-refractivity contribution in [1.82, 2.24) is 0 Å². The molecular formula is C79H125FN4O2. The summed E-state index contributed by atoms with van der Waals surface area (Å²) in [6.45, 7) is 46.8. The lowest BCUT2D eigenvalue weighted by molar-refractivity contribution is 0.0550. The summed E-state index contributed by atoms with van der Waals surface area (Å²) in [5.74, 6) is 2.96. The number of nitrogens with zero attached hydrogens (tertiary/aromatic N) is 3. The first-order valence-electron chi connectivity index (χ1n) is 33.2. The predicted molar refractivity (Wildman–Crippen MR) is 376 cm³/mol. The molecule has 2 atom stereocenters. The molecule has 4 fully saturated rings. The van der Waals surface area contributed by atoms with Crippen molar-refractivity contribution in [1.29, 1.82) is 0 Å². The van der Waals surface area contributed by atoms with Crippen LogP contribution < -0.4 is 20.0 Å². The largest absolute Gasteiger partial charge is 0.385 e. The monoisotopic (exact) mass is 1180 g/mol. The number of anilines is 4. The van der Waals surface area contributed by atoms with Gasteiger partial charge in [0.1, 0.15) is 5.82 Å². The Kier molecular flexibility index (Phi) is 29.3. The van der Waals surface area contributed by atoms with Gasteiger partial charge >= 0.3 is 0 Å². The first-order valence-corrected chi connectivity index (χ1v) is 33.2. The smallest absolute Gasteiger partial charge is 0.128 e. The van der Waals surface area contributed by atoms with Gasteiger partial charge in [0, 0.05) is 89.4 Å². The molecule has 0 amide bonds. The number of hydrogen-bond acceptors (Lipinski definition) is 6. The van der Waals surface area contributed by atoms with Crippen molar-refractivity contribution < 1.29 is 13.9 Å². The highest BCUT2D eigenvalue weighted by Gasteiger charge is 2.26. The molecule has 5 aromatic carbocycles. The summed E-state index contributed by atoms with van der Waals surface area (Å²) in [6, 6.07) is 41.6. The first kappa shape index (κ1) is 73.6. The van der Waals surface area contributed by atoms with Crippen molar-refractivity contribution in [3.63, 3.8) is 0 Å². The third kappa shape index (κ3) is 25.3. The van der Waals surface area contributed by atoms with Crippen molar-refractivity contribution in [2.75, 3.05) is 93.3 Å². The SMILES string of the molecule is C.CC(C)(C)c1ccc(CC2CCCOC2)cc1.CC(C)(C)c1ccc(NCC2CCCOC2)cc1.CC1CN(c2ccc(C(C)(C)C)c(F)c2)C1.CCCN(C)c1ccc(C(C)(C)C)cc1.CN(CC1CCCCC1)c1ccc(C(C)(C)C)cc1. The van der Waals surface area contributed by atoms with Crippen LogP contribution in [0.15, 0.2) is 115 Å². The van der Waals surface area contributed by atoms with Crippen molar-refractivity contribution in [3.8, 4) is 0 Å². The van der Waals surface area contributed by atoms with Crippen molar-refractivity contribution in [2.24, 2.45) is 23.7 Å². The van der Waals surface area contributed by atoms with Gasteiger partial charge in [0.05, 0.1) is 6.61 Å². The Bertz CT molecular complexity index is 2620. The van der Waals surface area contributed by atoms with Crippen LogP contribution in [-0.2, 0) is 43.0 Å². The van der Waals surface area contributed by atoms with Gasteiger partial charge in [0.15, 0.2) is 0 Å². The van der Waals surface area contributed by atoms with E-state index in [4.69, 9.17) is 9.47 Å². The normalized spacial score (nSPS) is 17.7. The van der Waals surface area contributed by atoms with E-state index >= 15 is 0 Å². The number of rotatable bonds is 12. The Morgan fingerprint density at radius 3 is 1.35 bits per heavy atom. The Morgan fingerprint density at radius 2 is 0.942 bits per heavy atom. The number of ether oxygens (including phenoxy) is 2. The highest BCUT2D eigenvalue weighted by Crippen LogP contribution is 2.33. The van der Waals surface area contributed by atoms with Crippen LogP contribution >= 0.6 is 0 Å². The molecule has 3 aliphatic heterocycles. The Hall–Kier alpha value is -4.85. The van der Waals surface area contributed by atoms with Crippen molar-refractivity contribution >= 4 is 22.7 Å². The molecule has 1 aliphatic carbocycles. The van der Waals surface area contributed by atoms with E-state index in [1.807, 2.05) is 32.9 Å². The van der Waals surface area contributed by atoms with Gasteiger partial charge in [-0.05, 0) is 184 Å². The van der Waals surface area contributed by atoms with E-state index < -0.39 is 0 Å². The number of halogens is 1. The molecule has 4 aliphatic rings. The van der Waals surface area contributed by atoms with E-state index in [1.54, 1.807) is 6.07 Å². The maximum Gasteiger partial charge on any atom is 0.128 e. The zero-order valence-corrected chi connectivity index (χ0v) is 57.5. The average Bonchev–Trinajstić information content (AvgIpc) is 1.50. The molecule has 0 radical (unpaired) electrons. The van der Waals surface area contributed by atoms with Crippen LogP contribution in [0.1, 0.15) is 223 Å². The molecule has 3 saturated heterocycles. The summed E-state index contributed by atoms with van der Waals surface area (Å²) in [6.07, 6.45) is 14.5. The van der Waals surface area contributed by atoms with Crippen LogP contribution in [0.25, 0.3) is 0 Å². The molecule has 9 rings (SSSR count). The fourth-order valence-corrected chi connectivity index (χ4v) is 11.7. The highest BCUT2D eigenvalue weighted by molar-refractivity contribution is 5.52. The van der Waals surface area contributed by atoms with Crippen molar-refractivity contribution in [2.45, 2.75) is 223 Å². The predicted octanol–water partition coefficient (Wildman–Crippen LogP) is 20.8. The molecule has 1 N–H and O–H groups in total. The summed E-state index contributed by atoms with van der Waals surface area (Å²) >= 11 is 0. The van der Waals surface area contributed by atoms with E-state index in [9.17, 15) is 4.39 Å². The molecule has 7 heteroatoms. The molecule has 2 unspecified atom stereocenters. The van der Waals surface area contributed by atoms with Crippen LogP contribution in [-0.4, -0.2) is 73.2 Å². The van der Waals surface area contributed by atoms with Crippen LogP contribution in [0.5, 0.6) is 0 Å². The van der Waals surface area contributed by atoms with Gasteiger partial charge in [-0.1, -0.05) is 211 Å². The number of benzene rings is 5. The topological polar surface area (TPSA) is 40.2 Å².